The number of hydrogen-bond acceptors (Lipinski definition) is 4. The predicted molar refractivity (Wildman–Crippen MR) is 120 cm³/mol. The van der Waals surface area contributed by atoms with Gasteiger partial charge >= 0.3 is 0 Å². The highest BCUT2D eigenvalue weighted by Gasteiger charge is 2.07. The molecule has 1 aromatic rings. The summed E-state index contributed by atoms with van der Waals surface area (Å²) < 4.78 is 22.9. The Morgan fingerprint density at radius 1 is 1.19 bits per heavy atom. The first-order valence-corrected chi connectivity index (χ1v) is 10.6. The van der Waals surface area contributed by atoms with Crippen molar-refractivity contribution >= 4 is 39.8 Å². The van der Waals surface area contributed by atoms with E-state index in [1.165, 1.54) is 6.26 Å². The Bertz CT molecular complexity index is 648. The first kappa shape index (κ1) is 25.1. The van der Waals surface area contributed by atoms with Crippen LogP contribution in [-0.2, 0) is 16.3 Å². The van der Waals surface area contributed by atoms with Crippen molar-refractivity contribution in [3.8, 4) is 0 Å². The third-order valence-electron chi connectivity index (χ3n) is 4.38. The molecule has 0 heterocycles. The molecule has 0 bridgehead atoms. The van der Waals surface area contributed by atoms with Crippen LogP contribution >= 0.6 is 24.0 Å². The molecular formula is C18H33IN4O2S. The summed E-state index contributed by atoms with van der Waals surface area (Å²) in [5, 5.41) is 6.59. The van der Waals surface area contributed by atoms with Crippen molar-refractivity contribution in [1.82, 2.24) is 15.5 Å². The van der Waals surface area contributed by atoms with E-state index in [1.807, 2.05) is 12.1 Å². The lowest BCUT2D eigenvalue weighted by atomic mass is 10.1. The van der Waals surface area contributed by atoms with Gasteiger partial charge in [0.25, 0.3) is 0 Å². The summed E-state index contributed by atoms with van der Waals surface area (Å²) in [5.74, 6) is 0.783. The summed E-state index contributed by atoms with van der Waals surface area (Å²) in [4.78, 5) is 6.90. The van der Waals surface area contributed by atoms with Crippen LogP contribution in [0, 0.1) is 0 Å². The Hall–Kier alpha value is -0.870. The molecule has 0 saturated heterocycles. The van der Waals surface area contributed by atoms with Crippen LogP contribution in [0.2, 0.25) is 0 Å². The number of nitrogens with one attached hydrogen (secondary N) is 2. The molecule has 0 fully saturated rings. The quantitative estimate of drug-likeness (QED) is 0.312. The molecular weight excluding hydrogens is 463 g/mol. The number of likely N-dealkylation sites (N-methyl/N-ethyl adjacent to an activating group) is 1. The molecule has 1 atom stereocenters. The fourth-order valence-corrected chi connectivity index (χ4v) is 2.96. The maximum atomic E-state index is 11.5. The summed E-state index contributed by atoms with van der Waals surface area (Å²) in [6.45, 7) is 6.95. The summed E-state index contributed by atoms with van der Waals surface area (Å²) in [6.07, 6.45) is 3.16. The standard InChI is InChI=1S/C18H32N4O2S.HI/c1-6-15(2)22(4)14-13-21-18(19-3)20-12-11-16-7-9-17(10-8-16)25(5,23)24;/h7-10,15H,6,11-14H2,1-5H3,(H2,19,20,21);1H. The first-order chi connectivity index (χ1) is 11.8. The molecule has 1 aromatic carbocycles. The van der Waals surface area contributed by atoms with E-state index < -0.39 is 9.84 Å². The highest BCUT2D eigenvalue weighted by atomic mass is 127. The predicted octanol–water partition coefficient (Wildman–Crippen LogP) is 2.15. The van der Waals surface area contributed by atoms with E-state index >= 15 is 0 Å². The average Bonchev–Trinajstić information content (AvgIpc) is 2.59. The van der Waals surface area contributed by atoms with Crippen molar-refractivity contribution in [2.24, 2.45) is 4.99 Å². The van der Waals surface area contributed by atoms with E-state index in [2.05, 4.69) is 41.4 Å². The number of hydrogen-bond donors (Lipinski definition) is 2. The third kappa shape index (κ3) is 9.18. The number of nitrogens with zero attached hydrogens (tertiary/aromatic N) is 2. The number of aliphatic imine (C=N–C) groups is 1. The van der Waals surface area contributed by atoms with Gasteiger partial charge in [-0.15, -0.1) is 24.0 Å². The third-order valence-corrected chi connectivity index (χ3v) is 5.51. The molecule has 0 radical (unpaired) electrons. The molecule has 0 spiro atoms. The van der Waals surface area contributed by atoms with Crippen LogP contribution in [0.1, 0.15) is 25.8 Å². The van der Waals surface area contributed by atoms with Crippen molar-refractivity contribution in [2.75, 3.05) is 40.0 Å². The SMILES string of the molecule is CCC(C)N(C)CCNC(=NC)NCCc1ccc(S(C)(=O)=O)cc1.I. The second kappa shape index (κ2) is 12.5. The lowest BCUT2D eigenvalue weighted by Crippen LogP contribution is -2.42. The van der Waals surface area contributed by atoms with E-state index in [9.17, 15) is 8.42 Å². The van der Waals surface area contributed by atoms with E-state index in [4.69, 9.17) is 0 Å². The van der Waals surface area contributed by atoms with E-state index in [0.717, 1.165) is 44.0 Å². The number of benzene rings is 1. The van der Waals surface area contributed by atoms with E-state index in [-0.39, 0.29) is 24.0 Å². The van der Waals surface area contributed by atoms with Crippen LogP contribution in [0.15, 0.2) is 34.2 Å². The molecule has 150 valence electrons. The smallest absolute Gasteiger partial charge is 0.191 e. The molecule has 0 aromatic heterocycles. The molecule has 6 nitrogen and oxygen atoms in total. The van der Waals surface area contributed by atoms with Gasteiger partial charge in [-0.25, -0.2) is 8.42 Å². The normalized spacial score (nSPS) is 13.2. The van der Waals surface area contributed by atoms with E-state index in [1.54, 1.807) is 19.2 Å². The lowest BCUT2D eigenvalue weighted by Gasteiger charge is -2.24. The molecule has 0 aliphatic rings. The molecule has 1 rings (SSSR count). The molecule has 1 unspecified atom stereocenters. The number of sulfone groups is 1. The molecule has 26 heavy (non-hydrogen) atoms. The van der Waals surface area contributed by atoms with Crippen molar-refractivity contribution in [1.29, 1.82) is 0 Å². The minimum absolute atomic E-state index is 0. The van der Waals surface area contributed by atoms with Crippen molar-refractivity contribution in [3.05, 3.63) is 29.8 Å². The Labute approximate surface area is 175 Å². The maximum absolute atomic E-state index is 11.5. The van der Waals surface area contributed by atoms with Gasteiger partial charge < -0.3 is 15.5 Å². The van der Waals surface area contributed by atoms with Crippen LogP contribution in [0.4, 0.5) is 0 Å². The second-order valence-electron chi connectivity index (χ2n) is 6.33. The minimum atomic E-state index is -3.13. The Morgan fingerprint density at radius 3 is 2.27 bits per heavy atom. The molecule has 8 heteroatoms. The number of rotatable bonds is 9. The minimum Gasteiger partial charge on any atom is -0.356 e. The summed E-state index contributed by atoms with van der Waals surface area (Å²) in [5.41, 5.74) is 1.09. The monoisotopic (exact) mass is 496 g/mol. The zero-order valence-corrected chi connectivity index (χ0v) is 19.6. The largest absolute Gasteiger partial charge is 0.356 e. The number of halogens is 1. The first-order valence-electron chi connectivity index (χ1n) is 8.71. The van der Waals surface area contributed by atoms with Gasteiger partial charge in [0.2, 0.25) is 0 Å². The highest BCUT2D eigenvalue weighted by Crippen LogP contribution is 2.10. The molecule has 0 amide bonds. The Balaban J connectivity index is 0.00000625. The van der Waals surface area contributed by atoms with E-state index in [0.29, 0.717) is 10.9 Å². The lowest BCUT2D eigenvalue weighted by molar-refractivity contribution is 0.255. The summed E-state index contributed by atoms with van der Waals surface area (Å²) in [6, 6.07) is 7.60. The van der Waals surface area contributed by atoms with Gasteiger partial charge in [0.05, 0.1) is 4.90 Å². The topological polar surface area (TPSA) is 73.8 Å². The van der Waals surface area contributed by atoms with Crippen LogP contribution < -0.4 is 10.6 Å². The van der Waals surface area contributed by atoms with Crippen LogP contribution in [-0.4, -0.2) is 65.3 Å². The fraction of sp³-hybridized carbons (Fsp3) is 0.611. The average molecular weight is 496 g/mol. The van der Waals surface area contributed by atoms with Gasteiger partial charge in [-0.2, -0.15) is 0 Å². The zero-order valence-electron chi connectivity index (χ0n) is 16.4. The van der Waals surface area contributed by atoms with Crippen molar-refractivity contribution in [3.63, 3.8) is 0 Å². The second-order valence-corrected chi connectivity index (χ2v) is 8.35. The van der Waals surface area contributed by atoms with Gasteiger partial charge in [-0.3, -0.25) is 4.99 Å². The molecule has 0 saturated carbocycles. The van der Waals surface area contributed by atoms with Crippen molar-refractivity contribution in [2.45, 2.75) is 37.6 Å². The molecule has 0 aliphatic carbocycles. The van der Waals surface area contributed by atoms with Gasteiger partial charge in [-0.1, -0.05) is 19.1 Å². The fourth-order valence-electron chi connectivity index (χ4n) is 2.33. The van der Waals surface area contributed by atoms with Crippen LogP contribution in [0.5, 0.6) is 0 Å². The van der Waals surface area contributed by atoms with Gasteiger partial charge in [-0.05, 0) is 44.5 Å². The Morgan fingerprint density at radius 2 is 1.77 bits per heavy atom. The van der Waals surface area contributed by atoms with Crippen molar-refractivity contribution < 1.29 is 8.42 Å². The van der Waals surface area contributed by atoms with Gasteiger partial charge in [0, 0.05) is 39.0 Å². The summed E-state index contributed by atoms with van der Waals surface area (Å²) in [7, 11) is 0.758. The van der Waals surface area contributed by atoms with Gasteiger partial charge in [0.15, 0.2) is 15.8 Å². The molecule has 0 aliphatic heterocycles. The number of guanidine groups is 1. The maximum Gasteiger partial charge on any atom is 0.191 e. The van der Waals surface area contributed by atoms with Crippen LogP contribution in [0.25, 0.3) is 0 Å². The van der Waals surface area contributed by atoms with Gasteiger partial charge in [0.1, 0.15) is 0 Å². The Kier molecular flexibility index (Phi) is 12.1. The molecule has 2 N–H and O–H groups in total. The zero-order chi connectivity index (χ0) is 18.9. The summed E-state index contributed by atoms with van der Waals surface area (Å²) >= 11 is 0. The highest BCUT2D eigenvalue weighted by molar-refractivity contribution is 14.0. The van der Waals surface area contributed by atoms with Crippen LogP contribution in [0.3, 0.4) is 0 Å².